The smallest absolute Gasteiger partial charge is 0.315 e. The van der Waals surface area contributed by atoms with Crippen LogP contribution in [0.5, 0.6) is 23.0 Å². The number of rotatable bonds is 7. The van der Waals surface area contributed by atoms with E-state index in [2.05, 4.69) is 0 Å². The summed E-state index contributed by atoms with van der Waals surface area (Å²) in [4.78, 5) is 10.8. The van der Waals surface area contributed by atoms with Crippen molar-refractivity contribution in [2.75, 3.05) is 13.7 Å². The van der Waals surface area contributed by atoms with E-state index in [9.17, 15) is 10.1 Å². The molecule has 23 heavy (non-hydrogen) atoms. The van der Waals surface area contributed by atoms with Crippen molar-refractivity contribution in [3.05, 3.63) is 52.6 Å². The van der Waals surface area contributed by atoms with Crippen LogP contribution in [0.2, 0.25) is 0 Å². The summed E-state index contributed by atoms with van der Waals surface area (Å²) in [5.74, 6) is 2.13. The number of benzene rings is 2. The van der Waals surface area contributed by atoms with Gasteiger partial charge >= 0.3 is 5.69 Å². The summed E-state index contributed by atoms with van der Waals surface area (Å²) in [6.07, 6.45) is 0. The first kappa shape index (κ1) is 16.6. The van der Waals surface area contributed by atoms with E-state index in [1.807, 2.05) is 13.8 Å². The molecule has 0 heterocycles. The van der Waals surface area contributed by atoms with Crippen molar-refractivity contribution in [2.45, 2.75) is 13.8 Å². The maximum Gasteiger partial charge on any atom is 0.315 e. The molecule has 0 bridgehead atoms. The fourth-order valence-electron chi connectivity index (χ4n) is 1.85. The van der Waals surface area contributed by atoms with Gasteiger partial charge in [-0.25, -0.2) is 0 Å². The van der Waals surface area contributed by atoms with E-state index >= 15 is 0 Å². The van der Waals surface area contributed by atoms with Crippen LogP contribution in [0, 0.1) is 16.0 Å². The summed E-state index contributed by atoms with van der Waals surface area (Å²) in [5, 5.41) is 11.3. The van der Waals surface area contributed by atoms with Crippen molar-refractivity contribution in [1.82, 2.24) is 0 Å². The highest BCUT2D eigenvalue weighted by Crippen LogP contribution is 2.35. The van der Waals surface area contributed by atoms with Gasteiger partial charge in [0.2, 0.25) is 5.75 Å². The van der Waals surface area contributed by atoms with E-state index in [1.165, 1.54) is 12.1 Å². The van der Waals surface area contributed by atoms with Gasteiger partial charge < -0.3 is 14.2 Å². The van der Waals surface area contributed by atoms with Gasteiger partial charge in [-0.1, -0.05) is 13.8 Å². The second kappa shape index (κ2) is 7.49. The van der Waals surface area contributed by atoms with E-state index in [0.29, 0.717) is 29.8 Å². The number of hydrogen-bond acceptors (Lipinski definition) is 5. The molecule has 0 atom stereocenters. The lowest BCUT2D eigenvalue weighted by Gasteiger charge is -2.11. The molecule has 6 nitrogen and oxygen atoms in total. The van der Waals surface area contributed by atoms with Crippen LogP contribution in [0.25, 0.3) is 0 Å². The average molecular weight is 317 g/mol. The SMILES string of the molecule is COc1ccc(Oc2ccc(OCC(C)C)cc2[N+](=O)[O-])cc1. The van der Waals surface area contributed by atoms with Gasteiger partial charge in [-0.3, -0.25) is 10.1 Å². The summed E-state index contributed by atoms with van der Waals surface area (Å²) < 4.78 is 16.2. The second-order valence-corrected chi connectivity index (χ2v) is 5.37. The number of ether oxygens (including phenoxy) is 3. The molecule has 6 heteroatoms. The molecule has 0 fully saturated rings. The molecular weight excluding hydrogens is 298 g/mol. The van der Waals surface area contributed by atoms with Crippen LogP contribution in [-0.4, -0.2) is 18.6 Å². The van der Waals surface area contributed by atoms with Crippen LogP contribution < -0.4 is 14.2 Å². The molecule has 0 aromatic heterocycles. The minimum atomic E-state index is -0.485. The lowest BCUT2D eigenvalue weighted by Crippen LogP contribution is -2.05. The first-order valence-corrected chi connectivity index (χ1v) is 7.22. The molecule has 0 saturated carbocycles. The summed E-state index contributed by atoms with van der Waals surface area (Å²) in [7, 11) is 1.57. The average Bonchev–Trinajstić information content (AvgIpc) is 2.54. The highest BCUT2D eigenvalue weighted by atomic mass is 16.6. The van der Waals surface area contributed by atoms with Gasteiger partial charge in [0.15, 0.2) is 0 Å². The summed E-state index contributed by atoms with van der Waals surface area (Å²) in [6.45, 7) is 4.51. The van der Waals surface area contributed by atoms with Crippen LogP contribution in [-0.2, 0) is 0 Å². The van der Waals surface area contributed by atoms with E-state index in [1.54, 1.807) is 37.4 Å². The summed E-state index contributed by atoms with van der Waals surface area (Å²) in [5.41, 5.74) is -0.137. The Bertz CT molecular complexity index is 667. The molecule has 2 aromatic rings. The molecule has 0 unspecified atom stereocenters. The van der Waals surface area contributed by atoms with Crippen molar-refractivity contribution in [3.63, 3.8) is 0 Å². The van der Waals surface area contributed by atoms with Gasteiger partial charge in [0.25, 0.3) is 0 Å². The Morgan fingerprint density at radius 2 is 1.65 bits per heavy atom. The monoisotopic (exact) mass is 317 g/mol. The van der Waals surface area contributed by atoms with Gasteiger partial charge in [0.05, 0.1) is 24.7 Å². The van der Waals surface area contributed by atoms with Gasteiger partial charge in [0.1, 0.15) is 17.2 Å². The Hall–Kier alpha value is -2.76. The van der Waals surface area contributed by atoms with Crippen LogP contribution in [0.3, 0.4) is 0 Å². The minimum absolute atomic E-state index is 0.137. The second-order valence-electron chi connectivity index (χ2n) is 5.37. The Kier molecular flexibility index (Phi) is 5.41. The molecule has 122 valence electrons. The summed E-state index contributed by atoms with van der Waals surface area (Å²) in [6, 6.07) is 11.4. The van der Waals surface area contributed by atoms with Crippen LogP contribution in [0.4, 0.5) is 5.69 Å². The normalized spacial score (nSPS) is 10.4. The molecule has 0 aliphatic rings. The summed E-state index contributed by atoms with van der Waals surface area (Å²) >= 11 is 0. The fraction of sp³-hybridized carbons (Fsp3) is 0.294. The topological polar surface area (TPSA) is 70.8 Å². The van der Waals surface area contributed by atoms with E-state index in [-0.39, 0.29) is 11.4 Å². The van der Waals surface area contributed by atoms with Crippen LogP contribution in [0.15, 0.2) is 42.5 Å². The Morgan fingerprint density at radius 3 is 2.22 bits per heavy atom. The van der Waals surface area contributed by atoms with Gasteiger partial charge in [-0.15, -0.1) is 0 Å². The molecule has 0 aliphatic carbocycles. The molecule has 0 saturated heterocycles. The van der Waals surface area contributed by atoms with Gasteiger partial charge in [-0.2, -0.15) is 0 Å². The molecule has 0 aliphatic heterocycles. The Morgan fingerprint density at radius 1 is 1.04 bits per heavy atom. The highest BCUT2D eigenvalue weighted by molar-refractivity contribution is 5.52. The predicted octanol–water partition coefficient (Wildman–Crippen LogP) is 4.43. The first-order valence-electron chi connectivity index (χ1n) is 7.22. The standard InChI is InChI=1S/C17H19NO5/c1-12(2)11-22-15-8-9-17(16(10-15)18(19)20)23-14-6-4-13(21-3)5-7-14/h4-10,12H,11H2,1-3H3. The zero-order valence-corrected chi connectivity index (χ0v) is 13.3. The zero-order valence-electron chi connectivity index (χ0n) is 13.3. The van der Waals surface area contributed by atoms with Crippen molar-refractivity contribution in [3.8, 4) is 23.0 Å². The van der Waals surface area contributed by atoms with Crippen molar-refractivity contribution >= 4 is 5.69 Å². The number of methoxy groups -OCH3 is 1. The maximum absolute atomic E-state index is 11.3. The molecule has 2 aromatic carbocycles. The number of hydrogen-bond donors (Lipinski definition) is 0. The zero-order chi connectivity index (χ0) is 16.8. The Balaban J connectivity index is 2.21. The number of nitrogens with zero attached hydrogens (tertiary/aromatic N) is 1. The molecular formula is C17H19NO5. The van der Waals surface area contributed by atoms with Gasteiger partial charge in [-0.05, 0) is 42.3 Å². The van der Waals surface area contributed by atoms with E-state index < -0.39 is 4.92 Å². The molecule has 2 rings (SSSR count). The van der Waals surface area contributed by atoms with Crippen molar-refractivity contribution in [2.24, 2.45) is 5.92 Å². The van der Waals surface area contributed by atoms with Crippen LogP contribution in [0.1, 0.15) is 13.8 Å². The maximum atomic E-state index is 11.3. The van der Waals surface area contributed by atoms with E-state index in [0.717, 1.165) is 0 Å². The van der Waals surface area contributed by atoms with Crippen molar-refractivity contribution in [1.29, 1.82) is 0 Å². The molecule has 0 spiro atoms. The Labute approximate surface area is 134 Å². The molecule has 0 N–H and O–H groups in total. The first-order chi connectivity index (χ1) is 11.0. The van der Waals surface area contributed by atoms with Crippen molar-refractivity contribution < 1.29 is 19.1 Å². The lowest BCUT2D eigenvalue weighted by atomic mass is 10.2. The van der Waals surface area contributed by atoms with Crippen LogP contribution >= 0.6 is 0 Å². The minimum Gasteiger partial charge on any atom is -0.497 e. The number of nitro benzene ring substituents is 1. The number of nitro groups is 1. The third-order valence-electron chi connectivity index (χ3n) is 3.00. The largest absolute Gasteiger partial charge is 0.497 e. The highest BCUT2D eigenvalue weighted by Gasteiger charge is 2.17. The lowest BCUT2D eigenvalue weighted by molar-refractivity contribution is -0.385. The van der Waals surface area contributed by atoms with E-state index in [4.69, 9.17) is 14.2 Å². The fourth-order valence-corrected chi connectivity index (χ4v) is 1.85. The quantitative estimate of drug-likeness (QED) is 0.558. The third-order valence-corrected chi connectivity index (χ3v) is 3.00. The molecule has 0 amide bonds. The molecule has 0 radical (unpaired) electrons. The third kappa shape index (κ3) is 4.60. The predicted molar refractivity (Wildman–Crippen MR) is 86.5 cm³/mol. The van der Waals surface area contributed by atoms with Gasteiger partial charge in [0, 0.05) is 0 Å².